The molecule has 0 aliphatic heterocycles. The van der Waals surface area contributed by atoms with Crippen LogP contribution in [0.2, 0.25) is 0 Å². The largest absolute Gasteiger partial charge is 0.391 e. The Hall–Kier alpha value is -0.380. The molecule has 0 saturated heterocycles. The zero-order valence-electron chi connectivity index (χ0n) is 8.33. The third kappa shape index (κ3) is 2.16. The highest BCUT2D eigenvalue weighted by Gasteiger charge is 2.14. The molecule has 1 unspecified atom stereocenters. The van der Waals surface area contributed by atoms with Crippen LogP contribution >= 0.6 is 11.3 Å². The fraction of sp³-hybridized carbons (Fsp3) is 0.636. The van der Waals surface area contributed by atoms with Crippen molar-refractivity contribution in [2.45, 2.75) is 38.2 Å². The maximum Gasteiger partial charge on any atom is 0.0710 e. The number of hydrogen-bond acceptors (Lipinski definition) is 3. The number of aryl methyl sites for hydroxylation is 2. The molecule has 0 fully saturated rings. The molecule has 2 rings (SSSR count). The van der Waals surface area contributed by atoms with E-state index in [1.807, 2.05) is 11.3 Å². The molecular formula is C11H17NOS. The van der Waals surface area contributed by atoms with Gasteiger partial charge in [0.05, 0.1) is 6.10 Å². The van der Waals surface area contributed by atoms with Crippen LogP contribution in [0.25, 0.3) is 0 Å². The molecule has 1 aromatic heterocycles. The third-order valence-electron chi connectivity index (χ3n) is 2.76. The van der Waals surface area contributed by atoms with E-state index in [0.29, 0.717) is 6.54 Å². The minimum atomic E-state index is -0.366. The van der Waals surface area contributed by atoms with Crippen LogP contribution in [0.4, 0.5) is 0 Å². The normalized spacial score (nSPS) is 17.9. The van der Waals surface area contributed by atoms with Crippen molar-refractivity contribution in [2.75, 3.05) is 6.54 Å². The molecule has 1 aliphatic carbocycles. The van der Waals surface area contributed by atoms with Crippen LogP contribution in [0.15, 0.2) is 6.07 Å². The zero-order chi connectivity index (χ0) is 9.97. The van der Waals surface area contributed by atoms with E-state index in [0.717, 1.165) is 6.42 Å². The summed E-state index contributed by atoms with van der Waals surface area (Å²) in [6, 6.07) is 2.26. The number of hydrogen-bond donors (Lipinski definition) is 2. The number of nitrogens with two attached hydrogens (primary N) is 1. The maximum atomic E-state index is 9.45. The molecule has 3 heteroatoms. The molecule has 0 saturated carbocycles. The molecule has 0 spiro atoms. The van der Waals surface area contributed by atoms with Crippen LogP contribution in [0.3, 0.4) is 0 Å². The van der Waals surface area contributed by atoms with Crippen LogP contribution in [0.5, 0.6) is 0 Å². The summed E-state index contributed by atoms with van der Waals surface area (Å²) in [6.07, 6.45) is 5.47. The van der Waals surface area contributed by atoms with Gasteiger partial charge in [-0.3, -0.25) is 0 Å². The van der Waals surface area contributed by atoms with Crippen molar-refractivity contribution < 1.29 is 5.11 Å². The van der Waals surface area contributed by atoms with Gasteiger partial charge in [-0.05, 0) is 37.3 Å². The molecule has 0 aromatic carbocycles. The number of fused-ring (bicyclic) bond motifs is 1. The van der Waals surface area contributed by atoms with Gasteiger partial charge >= 0.3 is 0 Å². The summed E-state index contributed by atoms with van der Waals surface area (Å²) < 4.78 is 0. The van der Waals surface area contributed by atoms with Crippen molar-refractivity contribution in [1.82, 2.24) is 0 Å². The fourth-order valence-corrected chi connectivity index (χ4v) is 3.30. The first kappa shape index (κ1) is 10.1. The van der Waals surface area contributed by atoms with Crippen LogP contribution < -0.4 is 5.73 Å². The van der Waals surface area contributed by atoms with Gasteiger partial charge in [0, 0.05) is 22.7 Å². The van der Waals surface area contributed by atoms with Crippen LogP contribution in [-0.4, -0.2) is 17.8 Å². The maximum absolute atomic E-state index is 9.45. The molecule has 14 heavy (non-hydrogen) atoms. The van der Waals surface area contributed by atoms with Crippen molar-refractivity contribution in [3.63, 3.8) is 0 Å². The topological polar surface area (TPSA) is 46.2 Å². The summed E-state index contributed by atoms with van der Waals surface area (Å²) in [6.45, 7) is 0.364. The van der Waals surface area contributed by atoms with E-state index in [1.54, 1.807) is 0 Å². The summed E-state index contributed by atoms with van der Waals surface area (Å²) in [5.74, 6) is 0. The highest BCUT2D eigenvalue weighted by atomic mass is 32.1. The Kier molecular flexibility index (Phi) is 3.21. The summed E-state index contributed by atoms with van der Waals surface area (Å²) in [5.41, 5.74) is 6.91. The Balaban J connectivity index is 2.08. The molecule has 1 aromatic rings. The molecule has 1 aliphatic rings. The van der Waals surface area contributed by atoms with Crippen molar-refractivity contribution in [2.24, 2.45) is 5.73 Å². The first-order valence-electron chi connectivity index (χ1n) is 5.28. The molecule has 1 heterocycles. The second-order valence-corrected chi connectivity index (χ2v) is 5.18. The minimum Gasteiger partial charge on any atom is -0.391 e. The van der Waals surface area contributed by atoms with E-state index in [9.17, 15) is 5.11 Å². The van der Waals surface area contributed by atoms with E-state index in [-0.39, 0.29) is 6.10 Å². The molecule has 0 amide bonds. The summed E-state index contributed by atoms with van der Waals surface area (Å²) >= 11 is 1.86. The van der Waals surface area contributed by atoms with Crippen molar-refractivity contribution in [3.8, 4) is 0 Å². The summed E-state index contributed by atoms with van der Waals surface area (Å²) in [7, 11) is 0. The van der Waals surface area contributed by atoms with Gasteiger partial charge in [0.1, 0.15) is 0 Å². The number of aliphatic hydroxyl groups excluding tert-OH is 1. The van der Waals surface area contributed by atoms with Crippen LogP contribution in [-0.2, 0) is 19.3 Å². The quantitative estimate of drug-likeness (QED) is 0.795. The monoisotopic (exact) mass is 211 g/mol. The smallest absolute Gasteiger partial charge is 0.0710 e. The van der Waals surface area contributed by atoms with Gasteiger partial charge in [0.15, 0.2) is 0 Å². The Morgan fingerprint density at radius 2 is 2.21 bits per heavy atom. The predicted octanol–water partition coefficient (Wildman–Crippen LogP) is 1.49. The molecule has 3 N–H and O–H groups in total. The van der Waals surface area contributed by atoms with Gasteiger partial charge in [-0.25, -0.2) is 0 Å². The second-order valence-electron chi connectivity index (χ2n) is 3.96. The fourth-order valence-electron chi connectivity index (χ4n) is 1.97. The number of rotatable bonds is 3. The van der Waals surface area contributed by atoms with Gasteiger partial charge in [0.25, 0.3) is 0 Å². The Morgan fingerprint density at radius 3 is 2.93 bits per heavy atom. The highest BCUT2D eigenvalue weighted by molar-refractivity contribution is 7.12. The van der Waals surface area contributed by atoms with E-state index in [1.165, 1.54) is 41.0 Å². The first-order chi connectivity index (χ1) is 6.79. The lowest BCUT2D eigenvalue weighted by atomic mass is 9.99. The number of thiophene rings is 1. The third-order valence-corrected chi connectivity index (χ3v) is 4.02. The molecule has 0 bridgehead atoms. The molecule has 1 atom stereocenters. The first-order valence-corrected chi connectivity index (χ1v) is 6.10. The summed E-state index contributed by atoms with van der Waals surface area (Å²) in [5, 5.41) is 9.45. The Labute approximate surface area is 88.8 Å². The lowest BCUT2D eigenvalue weighted by Gasteiger charge is -2.08. The highest BCUT2D eigenvalue weighted by Crippen LogP contribution is 2.30. The molecule has 0 radical (unpaired) electrons. The standard InChI is InChI=1S/C11H17NOS/c12-7-9(13)6-10-5-8-3-1-2-4-11(8)14-10/h5,9,13H,1-4,6-7,12H2. The molecular weight excluding hydrogens is 194 g/mol. The van der Waals surface area contributed by atoms with E-state index in [2.05, 4.69) is 6.07 Å². The Bertz CT molecular complexity index is 285. The average molecular weight is 211 g/mol. The van der Waals surface area contributed by atoms with Crippen molar-refractivity contribution in [3.05, 3.63) is 21.4 Å². The van der Waals surface area contributed by atoms with Crippen molar-refractivity contribution >= 4 is 11.3 Å². The second kappa shape index (κ2) is 4.43. The van der Waals surface area contributed by atoms with Gasteiger partial charge in [0.2, 0.25) is 0 Å². The van der Waals surface area contributed by atoms with Crippen LogP contribution in [0.1, 0.15) is 28.2 Å². The lowest BCUT2D eigenvalue weighted by molar-refractivity contribution is 0.184. The van der Waals surface area contributed by atoms with E-state index >= 15 is 0 Å². The minimum absolute atomic E-state index is 0.364. The average Bonchev–Trinajstić information content (AvgIpc) is 2.59. The lowest BCUT2D eigenvalue weighted by Crippen LogP contribution is -2.21. The summed E-state index contributed by atoms with van der Waals surface area (Å²) in [4.78, 5) is 2.84. The van der Waals surface area contributed by atoms with Gasteiger partial charge in [-0.1, -0.05) is 0 Å². The van der Waals surface area contributed by atoms with Gasteiger partial charge in [-0.15, -0.1) is 11.3 Å². The van der Waals surface area contributed by atoms with Crippen molar-refractivity contribution in [1.29, 1.82) is 0 Å². The SMILES string of the molecule is NCC(O)Cc1cc2c(s1)CCCC2. The molecule has 78 valence electrons. The number of aliphatic hydroxyl groups is 1. The van der Waals surface area contributed by atoms with Gasteiger partial charge < -0.3 is 10.8 Å². The van der Waals surface area contributed by atoms with E-state index in [4.69, 9.17) is 5.73 Å². The molecule has 2 nitrogen and oxygen atoms in total. The predicted molar refractivity (Wildman–Crippen MR) is 59.7 cm³/mol. The van der Waals surface area contributed by atoms with Gasteiger partial charge in [-0.2, -0.15) is 0 Å². The Morgan fingerprint density at radius 1 is 1.43 bits per heavy atom. The van der Waals surface area contributed by atoms with E-state index < -0.39 is 0 Å². The van der Waals surface area contributed by atoms with Crippen LogP contribution in [0, 0.1) is 0 Å². The zero-order valence-corrected chi connectivity index (χ0v) is 9.15.